The average molecular weight is 125 g/mol. The lowest BCUT2D eigenvalue weighted by molar-refractivity contribution is 0.679. The van der Waals surface area contributed by atoms with Crippen molar-refractivity contribution in [3.63, 3.8) is 0 Å². The molecule has 0 spiro atoms. The molecular formula is C8H15N. The zero-order chi connectivity index (χ0) is 6.95. The van der Waals surface area contributed by atoms with Crippen molar-refractivity contribution in [2.24, 2.45) is 5.73 Å². The van der Waals surface area contributed by atoms with Crippen LogP contribution in [0.15, 0.2) is 0 Å². The molecule has 0 aliphatic rings. The Morgan fingerprint density at radius 2 is 2.00 bits per heavy atom. The standard InChI is InChI=1S/C8H15N/c1-2-3-4-5-6-7-8-9/h2-6,9H2,1H3. The van der Waals surface area contributed by atoms with E-state index in [4.69, 9.17) is 5.73 Å². The van der Waals surface area contributed by atoms with Gasteiger partial charge in [-0.2, -0.15) is 0 Å². The SMILES string of the molecule is CCCCCCC#CN. The number of hydrogen-bond acceptors (Lipinski definition) is 1. The molecule has 0 amide bonds. The topological polar surface area (TPSA) is 26.0 Å². The molecule has 0 aromatic rings. The molecule has 0 rings (SSSR count). The van der Waals surface area contributed by atoms with Crippen LogP contribution in [0.1, 0.15) is 39.0 Å². The second kappa shape index (κ2) is 7.36. The van der Waals surface area contributed by atoms with E-state index in [1.54, 1.807) is 0 Å². The van der Waals surface area contributed by atoms with Crippen LogP contribution in [0.4, 0.5) is 0 Å². The Labute approximate surface area is 57.6 Å². The first-order valence-electron chi connectivity index (χ1n) is 3.60. The van der Waals surface area contributed by atoms with Gasteiger partial charge in [0, 0.05) is 12.5 Å². The number of nitrogens with two attached hydrogens (primary N) is 1. The third-order valence-electron chi connectivity index (χ3n) is 1.26. The van der Waals surface area contributed by atoms with E-state index in [0.717, 1.165) is 6.42 Å². The van der Waals surface area contributed by atoms with Crippen molar-refractivity contribution in [3.05, 3.63) is 0 Å². The van der Waals surface area contributed by atoms with Crippen LogP contribution in [0, 0.1) is 12.0 Å². The molecule has 0 atom stereocenters. The first-order valence-corrected chi connectivity index (χ1v) is 3.60. The van der Waals surface area contributed by atoms with Crippen LogP contribution in [0.25, 0.3) is 0 Å². The molecule has 2 N–H and O–H groups in total. The third kappa shape index (κ3) is 7.36. The van der Waals surface area contributed by atoms with Crippen LogP contribution >= 0.6 is 0 Å². The summed E-state index contributed by atoms with van der Waals surface area (Å²) in [6, 6.07) is 2.39. The van der Waals surface area contributed by atoms with E-state index >= 15 is 0 Å². The van der Waals surface area contributed by atoms with Crippen molar-refractivity contribution in [2.45, 2.75) is 39.0 Å². The molecule has 0 aliphatic heterocycles. The number of hydrogen-bond donors (Lipinski definition) is 1. The normalized spacial score (nSPS) is 8.11. The van der Waals surface area contributed by atoms with E-state index < -0.39 is 0 Å². The first kappa shape index (κ1) is 8.36. The van der Waals surface area contributed by atoms with Gasteiger partial charge in [0.1, 0.15) is 0 Å². The van der Waals surface area contributed by atoms with E-state index in [0.29, 0.717) is 0 Å². The van der Waals surface area contributed by atoms with Crippen molar-refractivity contribution in [1.82, 2.24) is 0 Å². The molecule has 9 heavy (non-hydrogen) atoms. The zero-order valence-corrected chi connectivity index (χ0v) is 6.11. The monoisotopic (exact) mass is 125 g/mol. The zero-order valence-electron chi connectivity index (χ0n) is 6.11. The van der Waals surface area contributed by atoms with Crippen LogP contribution in [-0.2, 0) is 0 Å². The van der Waals surface area contributed by atoms with Crippen molar-refractivity contribution >= 4 is 0 Å². The van der Waals surface area contributed by atoms with Gasteiger partial charge in [-0.3, -0.25) is 0 Å². The Morgan fingerprint density at radius 1 is 1.22 bits per heavy atom. The fraction of sp³-hybridized carbons (Fsp3) is 0.750. The Bertz CT molecular complexity index is 96.9. The van der Waals surface area contributed by atoms with E-state index in [2.05, 4.69) is 18.9 Å². The maximum Gasteiger partial charge on any atom is 0.0107 e. The minimum atomic E-state index is 0.969. The van der Waals surface area contributed by atoms with Gasteiger partial charge in [0.15, 0.2) is 0 Å². The quantitative estimate of drug-likeness (QED) is 0.346. The molecule has 0 bridgehead atoms. The molecule has 0 saturated heterocycles. The Morgan fingerprint density at radius 3 is 2.56 bits per heavy atom. The van der Waals surface area contributed by atoms with Crippen molar-refractivity contribution < 1.29 is 0 Å². The predicted octanol–water partition coefficient (Wildman–Crippen LogP) is 1.88. The van der Waals surface area contributed by atoms with Crippen molar-refractivity contribution in [1.29, 1.82) is 0 Å². The fourth-order valence-electron chi connectivity index (χ4n) is 0.712. The van der Waals surface area contributed by atoms with E-state index in [1.165, 1.54) is 25.7 Å². The van der Waals surface area contributed by atoms with E-state index in [-0.39, 0.29) is 0 Å². The summed E-state index contributed by atoms with van der Waals surface area (Å²) >= 11 is 0. The smallest absolute Gasteiger partial charge is 0.0107 e. The lowest BCUT2D eigenvalue weighted by Crippen LogP contribution is -1.78. The summed E-state index contributed by atoms with van der Waals surface area (Å²) in [6.45, 7) is 2.20. The van der Waals surface area contributed by atoms with Gasteiger partial charge in [-0.15, -0.1) is 0 Å². The van der Waals surface area contributed by atoms with Gasteiger partial charge in [-0.1, -0.05) is 32.1 Å². The maximum absolute atomic E-state index is 4.98. The second-order valence-electron chi connectivity index (χ2n) is 2.13. The van der Waals surface area contributed by atoms with Crippen molar-refractivity contribution in [2.75, 3.05) is 0 Å². The highest BCUT2D eigenvalue weighted by molar-refractivity contribution is 4.92. The Kier molecular flexibility index (Phi) is 6.84. The summed E-state index contributed by atoms with van der Waals surface area (Å²) in [5, 5.41) is 0. The lowest BCUT2D eigenvalue weighted by atomic mass is 10.2. The lowest BCUT2D eigenvalue weighted by Gasteiger charge is -1.90. The largest absolute Gasteiger partial charge is 0.359 e. The average Bonchev–Trinajstić information content (AvgIpc) is 1.89. The summed E-state index contributed by atoms with van der Waals surface area (Å²) in [6.07, 6.45) is 6.09. The highest BCUT2D eigenvalue weighted by Crippen LogP contribution is 2.00. The first-order chi connectivity index (χ1) is 4.41. The molecular weight excluding hydrogens is 110 g/mol. The van der Waals surface area contributed by atoms with Gasteiger partial charge in [-0.05, 0) is 6.42 Å². The molecule has 0 aromatic heterocycles. The molecule has 0 radical (unpaired) electrons. The molecule has 1 nitrogen and oxygen atoms in total. The Balaban J connectivity index is 2.80. The van der Waals surface area contributed by atoms with E-state index in [1.807, 2.05) is 0 Å². The minimum Gasteiger partial charge on any atom is -0.359 e. The van der Waals surface area contributed by atoms with Gasteiger partial charge >= 0.3 is 0 Å². The minimum absolute atomic E-state index is 0.969. The highest BCUT2D eigenvalue weighted by atomic mass is 14.4. The summed E-state index contributed by atoms with van der Waals surface area (Å²) < 4.78 is 0. The number of rotatable bonds is 4. The highest BCUT2D eigenvalue weighted by Gasteiger charge is 1.82. The maximum atomic E-state index is 4.98. The van der Waals surface area contributed by atoms with Crippen molar-refractivity contribution in [3.8, 4) is 12.0 Å². The van der Waals surface area contributed by atoms with Crippen LogP contribution in [0.5, 0.6) is 0 Å². The van der Waals surface area contributed by atoms with Crippen LogP contribution in [0.3, 0.4) is 0 Å². The van der Waals surface area contributed by atoms with E-state index in [9.17, 15) is 0 Å². The second-order valence-corrected chi connectivity index (χ2v) is 2.13. The molecule has 0 saturated carbocycles. The van der Waals surface area contributed by atoms with Gasteiger partial charge in [-0.25, -0.2) is 0 Å². The number of unbranched alkanes of at least 4 members (excludes halogenated alkanes) is 4. The van der Waals surface area contributed by atoms with Crippen LogP contribution in [-0.4, -0.2) is 0 Å². The molecule has 0 aromatic carbocycles. The van der Waals surface area contributed by atoms with Crippen LogP contribution in [0.2, 0.25) is 0 Å². The molecule has 0 fully saturated rings. The third-order valence-corrected chi connectivity index (χ3v) is 1.26. The predicted molar refractivity (Wildman–Crippen MR) is 40.7 cm³/mol. The van der Waals surface area contributed by atoms with Gasteiger partial charge < -0.3 is 5.73 Å². The summed E-state index contributed by atoms with van der Waals surface area (Å²) in [5.41, 5.74) is 4.98. The molecule has 52 valence electrons. The molecule has 0 unspecified atom stereocenters. The van der Waals surface area contributed by atoms with Gasteiger partial charge in [0.2, 0.25) is 0 Å². The van der Waals surface area contributed by atoms with Gasteiger partial charge in [0.05, 0.1) is 0 Å². The Hall–Kier alpha value is -0.640. The summed E-state index contributed by atoms with van der Waals surface area (Å²) in [4.78, 5) is 0. The molecule has 1 heteroatoms. The molecule has 0 aliphatic carbocycles. The fourth-order valence-corrected chi connectivity index (χ4v) is 0.712. The van der Waals surface area contributed by atoms with Gasteiger partial charge in [0.25, 0.3) is 0 Å². The molecule has 0 heterocycles. The summed E-state index contributed by atoms with van der Waals surface area (Å²) in [7, 11) is 0. The summed E-state index contributed by atoms with van der Waals surface area (Å²) in [5.74, 6) is 2.83. The van der Waals surface area contributed by atoms with Crippen LogP contribution < -0.4 is 5.73 Å².